The van der Waals surface area contributed by atoms with Crippen LogP contribution in [0.3, 0.4) is 0 Å². The van der Waals surface area contributed by atoms with Crippen LogP contribution in [0.15, 0.2) is 53.4 Å². The highest BCUT2D eigenvalue weighted by atomic mass is 32.2. The summed E-state index contributed by atoms with van der Waals surface area (Å²) in [6, 6.07) is 14.8. The van der Waals surface area contributed by atoms with E-state index in [0.29, 0.717) is 19.5 Å². The van der Waals surface area contributed by atoms with Crippen molar-refractivity contribution in [2.24, 2.45) is 5.92 Å². The van der Waals surface area contributed by atoms with Gasteiger partial charge in [-0.3, -0.25) is 9.59 Å². The summed E-state index contributed by atoms with van der Waals surface area (Å²) in [4.78, 5) is 27.5. The summed E-state index contributed by atoms with van der Waals surface area (Å²) in [7, 11) is 0. The maximum absolute atomic E-state index is 12.4. The summed E-state index contributed by atoms with van der Waals surface area (Å²) in [5.74, 6) is -0.220. The van der Waals surface area contributed by atoms with Gasteiger partial charge in [-0.25, -0.2) is 0 Å². The van der Waals surface area contributed by atoms with Gasteiger partial charge < -0.3 is 15.3 Å². The number of carbonyl (C=O) groups is 2. The maximum atomic E-state index is 12.4. The van der Waals surface area contributed by atoms with Crippen LogP contribution >= 0.6 is 11.8 Å². The number of hydrogen-bond donors (Lipinski definition) is 2. The molecule has 1 atom stereocenters. The predicted molar refractivity (Wildman–Crippen MR) is 104 cm³/mol. The lowest BCUT2D eigenvalue weighted by molar-refractivity contribution is -0.126. The van der Waals surface area contributed by atoms with Crippen molar-refractivity contribution in [2.45, 2.75) is 17.7 Å². The molecule has 2 N–H and O–H groups in total. The molecule has 3 rings (SSSR count). The molecule has 0 saturated carbocycles. The molecule has 1 aliphatic rings. The van der Waals surface area contributed by atoms with E-state index in [4.69, 9.17) is 0 Å². The Morgan fingerprint density at radius 1 is 1.27 bits per heavy atom. The van der Waals surface area contributed by atoms with Crippen LogP contribution in [-0.2, 0) is 16.0 Å². The molecule has 6 heteroatoms. The van der Waals surface area contributed by atoms with Gasteiger partial charge in [-0.2, -0.15) is 0 Å². The number of anilines is 1. The summed E-state index contributed by atoms with van der Waals surface area (Å²) in [5.41, 5.74) is 1.80. The number of phenols is 1. The number of nitrogens with zero attached hydrogens (tertiary/aromatic N) is 1. The van der Waals surface area contributed by atoms with Crippen molar-refractivity contribution < 1.29 is 14.7 Å². The van der Waals surface area contributed by atoms with Crippen LogP contribution in [0.1, 0.15) is 12.0 Å². The standard InChI is InChI=1S/C20H22N2O3S/c1-26-18-7-5-16(6-8-18)22-13-15(12-19(22)24)20(25)21-10-9-14-3-2-4-17(23)11-14/h2-8,11,15,23H,9-10,12-13H2,1H3,(H,21,25). The van der Waals surface area contributed by atoms with Crippen LogP contribution in [0.4, 0.5) is 5.69 Å². The van der Waals surface area contributed by atoms with Crippen molar-refractivity contribution in [1.82, 2.24) is 5.32 Å². The lowest BCUT2D eigenvalue weighted by Crippen LogP contribution is -2.34. The number of benzene rings is 2. The molecule has 26 heavy (non-hydrogen) atoms. The lowest BCUT2D eigenvalue weighted by atomic mass is 10.1. The van der Waals surface area contributed by atoms with E-state index in [-0.39, 0.29) is 29.9 Å². The molecule has 1 aliphatic heterocycles. The first kappa shape index (κ1) is 18.3. The molecular formula is C20H22N2O3S. The van der Waals surface area contributed by atoms with Crippen molar-refractivity contribution in [1.29, 1.82) is 0 Å². The largest absolute Gasteiger partial charge is 0.508 e. The molecule has 0 radical (unpaired) electrons. The van der Waals surface area contributed by atoms with Gasteiger partial charge in [-0.15, -0.1) is 11.8 Å². The minimum Gasteiger partial charge on any atom is -0.508 e. The highest BCUT2D eigenvalue weighted by Gasteiger charge is 2.34. The van der Waals surface area contributed by atoms with Crippen LogP contribution in [0.25, 0.3) is 0 Å². The first-order chi connectivity index (χ1) is 12.6. The van der Waals surface area contributed by atoms with Crippen molar-refractivity contribution in [3.05, 3.63) is 54.1 Å². The fraction of sp³-hybridized carbons (Fsp3) is 0.300. The second-order valence-corrected chi connectivity index (χ2v) is 7.19. The van der Waals surface area contributed by atoms with E-state index in [1.54, 1.807) is 34.9 Å². The Bertz CT molecular complexity index is 792. The number of aromatic hydroxyl groups is 1. The number of phenolic OH excluding ortho intramolecular Hbond substituents is 1. The van der Waals surface area contributed by atoms with Gasteiger partial charge in [0.15, 0.2) is 0 Å². The zero-order valence-corrected chi connectivity index (χ0v) is 15.5. The second kappa shape index (κ2) is 8.27. The van der Waals surface area contributed by atoms with Crippen LogP contribution in [0, 0.1) is 5.92 Å². The molecule has 1 unspecified atom stereocenters. The van der Waals surface area contributed by atoms with Crippen LogP contribution in [0.5, 0.6) is 5.75 Å². The fourth-order valence-corrected chi connectivity index (χ4v) is 3.49. The molecule has 0 spiro atoms. The van der Waals surface area contributed by atoms with Gasteiger partial charge in [0.05, 0.1) is 5.92 Å². The minimum absolute atomic E-state index is 0.0185. The number of amides is 2. The molecule has 1 saturated heterocycles. The third-order valence-electron chi connectivity index (χ3n) is 4.50. The van der Waals surface area contributed by atoms with Crippen molar-refractivity contribution in [2.75, 3.05) is 24.2 Å². The summed E-state index contributed by atoms with van der Waals surface area (Å²) in [6.45, 7) is 0.894. The summed E-state index contributed by atoms with van der Waals surface area (Å²) < 4.78 is 0. The third-order valence-corrected chi connectivity index (χ3v) is 5.25. The molecule has 5 nitrogen and oxygen atoms in total. The zero-order chi connectivity index (χ0) is 18.5. The molecular weight excluding hydrogens is 348 g/mol. The number of nitrogens with one attached hydrogen (secondary N) is 1. The van der Waals surface area contributed by atoms with E-state index in [9.17, 15) is 14.7 Å². The molecule has 2 aromatic rings. The Labute approximate surface area is 157 Å². The quantitative estimate of drug-likeness (QED) is 0.767. The zero-order valence-electron chi connectivity index (χ0n) is 14.6. The number of thioether (sulfide) groups is 1. The molecule has 0 aliphatic carbocycles. The molecule has 1 heterocycles. The first-order valence-electron chi connectivity index (χ1n) is 8.57. The fourth-order valence-electron chi connectivity index (χ4n) is 3.08. The maximum Gasteiger partial charge on any atom is 0.227 e. The average Bonchev–Trinajstić information content (AvgIpc) is 3.04. The van der Waals surface area contributed by atoms with Crippen LogP contribution < -0.4 is 10.2 Å². The van der Waals surface area contributed by atoms with Gasteiger partial charge in [0, 0.05) is 30.1 Å². The van der Waals surface area contributed by atoms with Gasteiger partial charge in [-0.05, 0) is 54.6 Å². The van der Waals surface area contributed by atoms with Crippen molar-refractivity contribution >= 4 is 29.3 Å². The third kappa shape index (κ3) is 4.38. The van der Waals surface area contributed by atoms with Gasteiger partial charge in [0.1, 0.15) is 5.75 Å². The van der Waals surface area contributed by atoms with Gasteiger partial charge in [0.25, 0.3) is 0 Å². The van der Waals surface area contributed by atoms with Gasteiger partial charge in [0.2, 0.25) is 11.8 Å². The predicted octanol–water partition coefficient (Wildman–Crippen LogP) is 2.83. The number of hydrogen-bond acceptors (Lipinski definition) is 4. The van der Waals surface area contributed by atoms with E-state index in [0.717, 1.165) is 16.1 Å². The molecule has 2 amide bonds. The molecule has 0 aromatic heterocycles. The Hall–Kier alpha value is -2.47. The first-order valence-corrected chi connectivity index (χ1v) is 9.79. The highest BCUT2D eigenvalue weighted by molar-refractivity contribution is 7.98. The topological polar surface area (TPSA) is 69.6 Å². The minimum atomic E-state index is -0.327. The second-order valence-electron chi connectivity index (χ2n) is 6.31. The van der Waals surface area contributed by atoms with E-state index >= 15 is 0 Å². The van der Waals surface area contributed by atoms with Gasteiger partial charge in [-0.1, -0.05) is 12.1 Å². The van der Waals surface area contributed by atoms with Crippen molar-refractivity contribution in [3.8, 4) is 5.75 Å². The van der Waals surface area contributed by atoms with Crippen LogP contribution in [-0.4, -0.2) is 36.3 Å². The Balaban J connectivity index is 1.53. The summed E-state index contributed by atoms with van der Waals surface area (Å²) >= 11 is 1.65. The van der Waals surface area contributed by atoms with Crippen LogP contribution in [0.2, 0.25) is 0 Å². The Morgan fingerprint density at radius 2 is 2.04 bits per heavy atom. The molecule has 2 aromatic carbocycles. The monoisotopic (exact) mass is 370 g/mol. The normalized spacial score (nSPS) is 16.7. The number of rotatable bonds is 6. The summed E-state index contributed by atoms with van der Waals surface area (Å²) in [6.07, 6.45) is 2.89. The van der Waals surface area contributed by atoms with E-state index < -0.39 is 0 Å². The van der Waals surface area contributed by atoms with E-state index in [1.807, 2.05) is 36.6 Å². The Morgan fingerprint density at radius 3 is 2.73 bits per heavy atom. The number of carbonyl (C=O) groups excluding carboxylic acids is 2. The SMILES string of the molecule is CSc1ccc(N2CC(C(=O)NCCc3cccc(O)c3)CC2=O)cc1. The average molecular weight is 370 g/mol. The molecule has 1 fully saturated rings. The van der Waals surface area contributed by atoms with Gasteiger partial charge >= 0.3 is 0 Å². The highest BCUT2D eigenvalue weighted by Crippen LogP contribution is 2.27. The molecule has 0 bridgehead atoms. The van der Waals surface area contributed by atoms with E-state index in [1.165, 1.54) is 0 Å². The molecule has 136 valence electrons. The van der Waals surface area contributed by atoms with E-state index in [2.05, 4.69) is 5.32 Å². The summed E-state index contributed by atoms with van der Waals surface area (Å²) in [5, 5.41) is 12.4. The van der Waals surface area contributed by atoms with Crippen molar-refractivity contribution in [3.63, 3.8) is 0 Å². The smallest absolute Gasteiger partial charge is 0.227 e. The lowest BCUT2D eigenvalue weighted by Gasteiger charge is -2.17. The Kier molecular flexibility index (Phi) is 5.83.